The first-order chi connectivity index (χ1) is 11.4. The summed E-state index contributed by atoms with van der Waals surface area (Å²) in [4.78, 5) is 8.55. The van der Waals surface area contributed by atoms with E-state index in [1.807, 2.05) is 0 Å². The van der Waals surface area contributed by atoms with Gasteiger partial charge in [-0.2, -0.15) is 0 Å². The molecule has 0 amide bonds. The zero-order valence-corrected chi connectivity index (χ0v) is 13.1. The van der Waals surface area contributed by atoms with Gasteiger partial charge < -0.3 is 35.3 Å². The van der Waals surface area contributed by atoms with Crippen LogP contribution in [-0.2, 0) is 4.74 Å². The molecule has 0 aliphatic carbocycles. The molecule has 9 heteroatoms. The summed E-state index contributed by atoms with van der Waals surface area (Å²) in [6.45, 7) is 5.51. The third-order valence-electron chi connectivity index (χ3n) is 4.58. The Morgan fingerprint density at radius 1 is 1.50 bits per heavy atom. The van der Waals surface area contributed by atoms with Crippen LogP contribution in [0.15, 0.2) is 24.8 Å². The van der Waals surface area contributed by atoms with Crippen molar-refractivity contribution in [3.63, 3.8) is 0 Å². The lowest BCUT2D eigenvalue weighted by Crippen LogP contribution is -2.44. The molecular weight excluding hydrogens is 314 g/mol. The average Bonchev–Trinajstić information content (AvgIpc) is 2.95. The summed E-state index contributed by atoms with van der Waals surface area (Å²) in [5.41, 5.74) is 0.509. The fourth-order valence-electron chi connectivity index (χ4n) is 3.30. The number of anilines is 2. The third kappa shape index (κ3) is 2.02. The first-order valence-electron chi connectivity index (χ1n) is 7.64. The van der Waals surface area contributed by atoms with Gasteiger partial charge in [0.2, 0.25) is 0 Å². The Kier molecular flexibility index (Phi) is 3.29. The standard InChI is InChI=1S/C15H19N5O4/c1-7-3-16-8-4-20(13-10(8)12(19-7)17-6-18-13)14-15(2,23)11(22)9(5-21)24-14/h4,6,9,11,14,16,21-23H,1,3,5H2,2H3,(H,17,18,19)/t9-,11-,14-,15-/m1/s1. The molecule has 0 saturated carbocycles. The normalized spacial score (nSPS) is 32.5. The first-order valence-corrected chi connectivity index (χ1v) is 7.64. The zero-order valence-electron chi connectivity index (χ0n) is 13.1. The van der Waals surface area contributed by atoms with Gasteiger partial charge in [0.15, 0.2) is 6.23 Å². The predicted octanol–water partition coefficient (Wildman–Crippen LogP) is -0.216. The van der Waals surface area contributed by atoms with E-state index in [-0.39, 0.29) is 6.61 Å². The van der Waals surface area contributed by atoms with E-state index < -0.39 is 24.0 Å². The Bertz CT molecular complexity index is 818. The molecule has 0 bridgehead atoms. The minimum Gasteiger partial charge on any atom is -0.394 e. The fraction of sp³-hybridized carbons (Fsp3) is 0.467. The first kappa shape index (κ1) is 15.3. The van der Waals surface area contributed by atoms with Crippen LogP contribution in [0.25, 0.3) is 11.0 Å². The Morgan fingerprint density at radius 2 is 2.29 bits per heavy atom. The molecule has 0 radical (unpaired) electrons. The number of ether oxygens (including phenoxy) is 1. The second kappa shape index (κ2) is 5.15. The monoisotopic (exact) mass is 333 g/mol. The maximum absolute atomic E-state index is 10.7. The molecule has 2 aromatic heterocycles. The van der Waals surface area contributed by atoms with Gasteiger partial charge in [0.1, 0.15) is 35.6 Å². The van der Waals surface area contributed by atoms with Gasteiger partial charge in [-0.05, 0) is 6.92 Å². The van der Waals surface area contributed by atoms with Crippen LogP contribution in [0.4, 0.5) is 11.5 Å². The molecule has 2 aliphatic heterocycles. The number of aliphatic hydroxyl groups is 3. The summed E-state index contributed by atoms with van der Waals surface area (Å²) < 4.78 is 7.34. The van der Waals surface area contributed by atoms with Crippen molar-refractivity contribution in [1.82, 2.24) is 14.5 Å². The van der Waals surface area contributed by atoms with Crippen molar-refractivity contribution < 1.29 is 20.1 Å². The van der Waals surface area contributed by atoms with E-state index in [2.05, 4.69) is 27.2 Å². The van der Waals surface area contributed by atoms with Gasteiger partial charge in [-0.25, -0.2) is 9.97 Å². The van der Waals surface area contributed by atoms with Crippen LogP contribution in [0, 0.1) is 0 Å². The minimum absolute atomic E-state index is 0.389. The summed E-state index contributed by atoms with van der Waals surface area (Å²) >= 11 is 0. The highest BCUT2D eigenvalue weighted by Crippen LogP contribution is 2.42. The lowest BCUT2D eigenvalue weighted by molar-refractivity contribution is -0.0947. The van der Waals surface area contributed by atoms with Gasteiger partial charge >= 0.3 is 0 Å². The summed E-state index contributed by atoms with van der Waals surface area (Å²) in [6.07, 6.45) is 0.189. The molecule has 2 aromatic rings. The largest absolute Gasteiger partial charge is 0.394 e. The Morgan fingerprint density at radius 3 is 3.00 bits per heavy atom. The van der Waals surface area contributed by atoms with Gasteiger partial charge in [0.05, 0.1) is 24.2 Å². The summed E-state index contributed by atoms with van der Waals surface area (Å²) in [7, 11) is 0. The van der Waals surface area contributed by atoms with Crippen molar-refractivity contribution in [3.05, 3.63) is 24.8 Å². The molecular formula is C15H19N5O4. The molecule has 9 nitrogen and oxygen atoms in total. The van der Waals surface area contributed by atoms with Crippen molar-refractivity contribution in [3.8, 4) is 0 Å². The van der Waals surface area contributed by atoms with E-state index in [9.17, 15) is 15.3 Å². The second-order valence-electron chi connectivity index (χ2n) is 6.33. The van der Waals surface area contributed by atoms with Gasteiger partial charge in [0.25, 0.3) is 0 Å². The third-order valence-corrected chi connectivity index (χ3v) is 4.58. The van der Waals surface area contributed by atoms with Crippen LogP contribution in [0.5, 0.6) is 0 Å². The molecule has 0 spiro atoms. The molecule has 1 fully saturated rings. The Hall–Kier alpha value is -2.20. The van der Waals surface area contributed by atoms with Crippen LogP contribution in [-0.4, -0.2) is 60.8 Å². The van der Waals surface area contributed by atoms with Gasteiger partial charge in [0, 0.05) is 11.9 Å². The molecule has 4 rings (SSSR count). The van der Waals surface area contributed by atoms with Crippen LogP contribution in [0.1, 0.15) is 13.2 Å². The minimum atomic E-state index is -1.58. The number of hydrogen-bond acceptors (Lipinski definition) is 8. The smallest absolute Gasteiger partial charge is 0.167 e. The fourth-order valence-corrected chi connectivity index (χ4v) is 3.30. The molecule has 4 atom stereocenters. The van der Waals surface area contributed by atoms with E-state index in [1.54, 1.807) is 10.8 Å². The Labute approximate surface area is 137 Å². The maximum atomic E-state index is 10.7. The number of nitrogens with zero attached hydrogens (tertiary/aromatic N) is 3. The van der Waals surface area contributed by atoms with Crippen LogP contribution in [0.2, 0.25) is 0 Å². The molecule has 1 saturated heterocycles. The van der Waals surface area contributed by atoms with E-state index in [1.165, 1.54) is 13.3 Å². The number of rotatable bonds is 2. The quantitative estimate of drug-likeness (QED) is 0.511. The van der Waals surface area contributed by atoms with Crippen LogP contribution in [0.3, 0.4) is 0 Å². The van der Waals surface area contributed by atoms with Gasteiger partial charge in [-0.3, -0.25) is 0 Å². The summed E-state index contributed by atoms with van der Waals surface area (Å²) in [6, 6.07) is 0. The average molecular weight is 333 g/mol. The van der Waals surface area contributed by atoms with Gasteiger partial charge in [-0.1, -0.05) is 6.58 Å². The lowest BCUT2D eigenvalue weighted by Gasteiger charge is -2.27. The number of aliphatic hydroxyl groups excluding tert-OH is 2. The molecule has 2 aliphatic rings. The zero-order chi connectivity index (χ0) is 17.1. The van der Waals surface area contributed by atoms with E-state index in [4.69, 9.17) is 4.74 Å². The van der Waals surface area contributed by atoms with Crippen LogP contribution >= 0.6 is 0 Å². The SMILES string of the molecule is C=C1CNc2cn([C@@H]3O[C@H](CO)[C@@H](O)[C@@]3(C)O)c3ncnc(c23)N1. The van der Waals surface area contributed by atoms with Crippen molar-refractivity contribution in [1.29, 1.82) is 0 Å². The van der Waals surface area contributed by atoms with Crippen molar-refractivity contribution in [2.75, 3.05) is 23.8 Å². The van der Waals surface area contributed by atoms with Crippen molar-refractivity contribution in [2.45, 2.75) is 31.0 Å². The molecule has 4 heterocycles. The summed E-state index contributed by atoms with van der Waals surface area (Å²) in [5.74, 6) is 0.612. The molecule has 24 heavy (non-hydrogen) atoms. The molecule has 5 N–H and O–H groups in total. The van der Waals surface area contributed by atoms with E-state index in [0.717, 1.165) is 16.8 Å². The number of nitrogens with one attached hydrogen (secondary N) is 2. The Balaban J connectivity index is 1.87. The highest BCUT2D eigenvalue weighted by atomic mass is 16.6. The van der Waals surface area contributed by atoms with E-state index in [0.29, 0.717) is 18.0 Å². The lowest BCUT2D eigenvalue weighted by atomic mass is 9.96. The van der Waals surface area contributed by atoms with Crippen LogP contribution < -0.4 is 10.6 Å². The highest BCUT2D eigenvalue weighted by Gasteiger charge is 2.53. The summed E-state index contributed by atoms with van der Waals surface area (Å²) in [5, 5.41) is 37.4. The highest BCUT2D eigenvalue weighted by molar-refractivity contribution is 6.00. The topological polar surface area (TPSA) is 125 Å². The van der Waals surface area contributed by atoms with Gasteiger partial charge in [-0.15, -0.1) is 0 Å². The van der Waals surface area contributed by atoms with E-state index >= 15 is 0 Å². The predicted molar refractivity (Wildman–Crippen MR) is 86.4 cm³/mol. The van der Waals surface area contributed by atoms with Crippen molar-refractivity contribution >= 4 is 22.5 Å². The maximum Gasteiger partial charge on any atom is 0.167 e. The number of hydrogen-bond donors (Lipinski definition) is 5. The second-order valence-corrected chi connectivity index (χ2v) is 6.33. The molecule has 0 unspecified atom stereocenters. The van der Waals surface area contributed by atoms with Crippen molar-refractivity contribution in [2.24, 2.45) is 0 Å². The molecule has 128 valence electrons. The number of aromatic nitrogens is 3. The molecule has 0 aromatic carbocycles.